The highest BCUT2D eigenvalue weighted by Crippen LogP contribution is 2.56. The van der Waals surface area contributed by atoms with Gasteiger partial charge in [0.25, 0.3) is 0 Å². The number of carbonyl (C=O) groups is 1. The topological polar surface area (TPSA) is 105 Å². The van der Waals surface area contributed by atoms with Crippen LogP contribution in [-0.2, 0) is 18.6 Å². The zero-order chi connectivity index (χ0) is 24.9. The monoisotopic (exact) mass is 506 g/mol. The minimum absolute atomic E-state index is 0.118. The largest absolute Gasteiger partial charge is 0.408 e. The first-order valence-electron chi connectivity index (χ1n) is 12.6. The number of aromatic nitrogens is 6. The molecule has 2 aromatic heterocycles. The Hall–Kier alpha value is -2.70. The normalized spacial score (nSPS) is 25.9. The van der Waals surface area contributed by atoms with Gasteiger partial charge in [-0.05, 0) is 50.9 Å². The summed E-state index contributed by atoms with van der Waals surface area (Å²) >= 11 is 0. The number of halogens is 3. The molecule has 5 fully saturated rings. The van der Waals surface area contributed by atoms with Crippen LogP contribution in [0.4, 0.5) is 18.0 Å². The van der Waals surface area contributed by atoms with Crippen molar-refractivity contribution in [2.45, 2.75) is 69.3 Å². The van der Waals surface area contributed by atoms with Gasteiger partial charge in [-0.15, -0.1) is 5.10 Å². The van der Waals surface area contributed by atoms with E-state index in [2.05, 4.69) is 20.4 Å². The second-order valence-corrected chi connectivity index (χ2v) is 12.1. The van der Waals surface area contributed by atoms with Gasteiger partial charge in [0.1, 0.15) is 18.5 Å². The average molecular weight is 507 g/mol. The van der Waals surface area contributed by atoms with Gasteiger partial charge in [0.15, 0.2) is 5.82 Å². The average Bonchev–Trinajstić information content (AvgIpc) is 3.07. The Morgan fingerprint density at radius 1 is 1.06 bits per heavy atom. The zero-order valence-corrected chi connectivity index (χ0v) is 19.9. The van der Waals surface area contributed by atoms with Crippen LogP contribution < -0.4 is 0 Å². The summed E-state index contributed by atoms with van der Waals surface area (Å²) < 4.78 is 40.2. The Labute approximate surface area is 205 Å². The summed E-state index contributed by atoms with van der Waals surface area (Å²) in [5.41, 5.74) is 0.152. The lowest BCUT2D eigenvalue weighted by Crippen LogP contribution is -2.71. The van der Waals surface area contributed by atoms with E-state index >= 15 is 0 Å². The number of hydrogen-bond donors (Lipinski definition) is 1. The third-order valence-corrected chi connectivity index (χ3v) is 8.87. The summed E-state index contributed by atoms with van der Waals surface area (Å²) in [6, 6.07) is 0.410. The van der Waals surface area contributed by atoms with Crippen molar-refractivity contribution in [2.75, 3.05) is 26.2 Å². The lowest BCUT2D eigenvalue weighted by Gasteiger charge is -2.63. The molecule has 1 N–H and O–H groups in total. The highest BCUT2D eigenvalue weighted by Gasteiger charge is 2.59. The van der Waals surface area contributed by atoms with Crippen LogP contribution in [0.15, 0.2) is 12.5 Å². The molecule has 2 saturated heterocycles. The fourth-order valence-electron chi connectivity index (χ4n) is 6.94. The van der Waals surface area contributed by atoms with Gasteiger partial charge >= 0.3 is 12.2 Å². The Morgan fingerprint density at radius 3 is 2.31 bits per heavy atom. The lowest BCUT2D eigenvalue weighted by molar-refractivity contribution is -0.142. The Balaban J connectivity index is 0.833. The van der Waals surface area contributed by atoms with E-state index in [0.717, 1.165) is 69.4 Å². The van der Waals surface area contributed by atoms with Gasteiger partial charge in [-0.2, -0.15) is 18.3 Å². The van der Waals surface area contributed by atoms with Crippen LogP contribution in [0.5, 0.6) is 0 Å². The molecule has 7 rings (SSSR count). The number of aliphatic hydroxyl groups is 1. The van der Waals surface area contributed by atoms with E-state index in [4.69, 9.17) is 0 Å². The fraction of sp³-hybridized carbons (Fsp3) is 0.783. The third kappa shape index (κ3) is 3.77. The van der Waals surface area contributed by atoms with Crippen molar-refractivity contribution in [1.82, 2.24) is 39.6 Å². The Morgan fingerprint density at radius 2 is 1.69 bits per heavy atom. The smallest absolute Gasteiger partial charge is 0.382 e. The molecular weight excluding hydrogens is 477 g/mol. The first-order valence-corrected chi connectivity index (χ1v) is 12.6. The van der Waals surface area contributed by atoms with Crippen LogP contribution in [0.25, 0.3) is 0 Å². The predicted octanol–water partition coefficient (Wildman–Crippen LogP) is 2.12. The number of carbonyl (C=O) groups excluding carboxylic acids is 1. The number of nitrogens with zero attached hydrogens (tertiary/aromatic N) is 8. The lowest BCUT2D eigenvalue weighted by atomic mass is 9.56. The molecule has 3 saturated carbocycles. The van der Waals surface area contributed by atoms with E-state index in [1.54, 1.807) is 6.33 Å². The van der Waals surface area contributed by atoms with Gasteiger partial charge in [-0.3, -0.25) is 0 Å². The molecular formula is C23H29F3N8O2. The van der Waals surface area contributed by atoms with Crippen molar-refractivity contribution in [1.29, 1.82) is 0 Å². The Kier molecular flexibility index (Phi) is 4.50. The standard InChI is InChI=1S/C23H29F3N8O2/c24-23(25,26)13-33-8-16(28-30-33)3-15-4-20(5-15)9-31(10-20)19(35)32-11-21(12-32)6-17(7-21)34-14-27-18(29-34)22(36)1-2-22/h8,14-15,17,36H,1-7,9-13H2. The highest BCUT2D eigenvalue weighted by atomic mass is 19.4. The fourth-order valence-corrected chi connectivity index (χ4v) is 6.94. The van der Waals surface area contributed by atoms with E-state index in [1.807, 2.05) is 14.5 Å². The van der Waals surface area contributed by atoms with Gasteiger partial charge in [-0.1, -0.05) is 5.21 Å². The maximum Gasteiger partial charge on any atom is 0.408 e. The molecule has 3 aliphatic carbocycles. The molecule has 2 aliphatic heterocycles. The molecule has 13 heteroatoms. The number of amides is 2. The van der Waals surface area contributed by atoms with Gasteiger partial charge in [0.05, 0.1) is 11.7 Å². The van der Waals surface area contributed by atoms with Crippen molar-refractivity contribution in [3.05, 3.63) is 24.0 Å². The molecule has 10 nitrogen and oxygen atoms in total. The summed E-state index contributed by atoms with van der Waals surface area (Å²) in [5.74, 6) is 0.919. The van der Waals surface area contributed by atoms with Crippen LogP contribution in [-0.4, -0.2) is 83.1 Å². The predicted molar refractivity (Wildman–Crippen MR) is 117 cm³/mol. The number of urea groups is 1. The van der Waals surface area contributed by atoms with Crippen molar-refractivity contribution >= 4 is 6.03 Å². The van der Waals surface area contributed by atoms with E-state index in [1.165, 1.54) is 6.20 Å². The molecule has 2 aromatic rings. The van der Waals surface area contributed by atoms with Crippen molar-refractivity contribution in [2.24, 2.45) is 16.7 Å². The SMILES string of the molecule is O=C(N1CC2(CC(Cc3cn(CC(F)(F)F)nn3)C2)C1)N1CC2(CC(n3cnc(C4(O)CC4)n3)C2)C1. The first-order chi connectivity index (χ1) is 17.0. The van der Waals surface area contributed by atoms with Crippen LogP contribution in [0, 0.1) is 16.7 Å². The minimum Gasteiger partial charge on any atom is -0.382 e. The molecule has 0 atom stereocenters. The summed E-state index contributed by atoms with van der Waals surface area (Å²) in [6.45, 7) is 1.98. The molecule has 194 valence electrons. The zero-order valence-electron chi connectivity index (χ0n) is 19.9. The molecule has 0 bridgehead atoms. The van der Waals surface area contributed by atoms with E-state index in [9.17, 15) is 23.1 Å². The molecule has 2 spiro atoms. The summed E-state index contributed by atoms with van der Waals surface area (Å²) in [4.78, 5) is 21.1. The maximum absolute atomic E-state index is 12.9. The summed E-state index contributed by atoms with van der Waals surface area (Å²) in [5, 5.41) is 22.1. The first kappa shape index (κ1) is 22.5. The van der Waals surface area contributed by atoms with Crippen LogP contribution in [0.2, 0.25) is 0 Å². The highest BCUT2D eigenvalue weighted by molar-refractivity contribution is 5.77. The van der Waals surface area contributed by atoms with Crippen LogP contribution >= 0.6 is 0 Å². The third-order valence-electron chi connectivity index (χ3n) is 8.87. The molecule has 0 radical (unpaired) electrons. The van der Waals surface area contributed by atoms with Crippen LogP contribution in [0.1, 0.15) is 56.1 Å². The van der Waals surface area contributed by atoms with Crippen molar-refractivity contribution < 1.29 is 23.1 Å². The molecule has 0 aromatic carbocycles. The number of likely N-dealkylation sites (tertiary alicyclic amines) is 2. The summed E-state index contributed by atoms with van der Waals surface area (Å²) in [7, 11) is 0. The van der Waals surface area contributed by atoms with Gasteiger partial charge in [0.2, 0.25) is 0 Å². The van der Waals surface area contributed by atoms with Gasteiger partial charge in [0, 0.05) is 43.2 Å². The van der Waals surface area contributed by atoms with Gasteiger partial charge < -0.3 is 14.9 Å². The number of hydrogen-bond acceptors (Lipinski definition) is 6. The second kappa shape index (κ2) is 7.20. The van der Waals surface area contributed by atoms with E-state index in [-0.39, 0.29) is 16.9 Å². The number of rotatable bonds is 5. The van der Waals surface area contributed by atoms with Crippen LogP contribution in [0.3, 0.4) is 0 Å². The molecule has 2 amide bonds. The minimum atomic E-state index is -4.30. The Bertz CT molecular complexity index is 1180. The van der Waals surface area contributed by atoms with E-state index < -0.39 is 18.3 Å². The quantitative estimate of drug-likeness (QED) is 0.666. The molecule has 4 heterocycles. The second-order valence-electron chi connectivity index (χ2n) is 12.1. The molecule has 5 aliphatic rings. The molecule has 36 heavy (non-hydrogen) atoms. The van der Waals surface area contributed by atoms with Crippen molar-refractivity contribution in [3.63, 3.8) is 0 Å². The summed E-state index contributed by atoms with van der Waals surface area (Å²) in [6.07, 6.45) is 4.83. The van der Waals surface area contributed by atoms with E-state index in [0.29, 0.717) is 29.9 Å². The number of alkyl halides is 3. The van der Waals surface area contributed by atoms with Crippen molar-refractivity contribution in [3.8, 4) is 0 Å². The molecule has 0 unspecified atom stereocenters. The van der Waals surface area contributed by atoms with Gasteiger partial charge in [-0.25, -0.2) is 19.1 Å². The maximum atomic E-state index is 12.9.